The Morgan fingerprint density at radius 2 is 2.14 bits per heavy atom. The Morgan fingerprint density at radius 3 is 2.96 bits per heavy atom. The Bertz CT molecular complexity index is 961. The number of anilines is 1. The van der Waals surface area contributed by atoms with Crippen LogP contribution in [0.5, 0.6) is 0 Å². The molecule has 4 heterocycles. The van der Waals surface area contributed by atoms with Crippen molar-refractivity contribution in [3.8, 4) is 11.4 Å². The van der Waals surface area contributed by atoms with E-state index >= 15 is 0 Å². The normalized spacial score (nSPS) is 19.9. The van der Waals surface area contributed by atoms with Crippen molar-refractivity contribution in [2.75, 3.05) is 24.5 Å². The average Bonchev–Trinajstić information content (AvgIpc) is 3.03. The molecule has 2 N–H and O–H groups in total. The summed E-state index contributed by atoms with van der Waals surface area (Å²) >= 11 is 0. The number of fused-ring (bicyclic) bond motifs is 1. The molecule has 0 spiro atoms. The fourth-order valence-electron chi connectivity index (χ4n) is 3.71. The number of aromatic amines is 1. The Kier molecular flexibility index (Phi) is 4.97. The molecule has 1 aliphatic heterocycles. The first-order valence-corrected chi connectivity index (χ1v) is 9.54. The fourth-order valence-corrected chi connectivity index (χ4v) is 3.71. The molecule has 0 aliphatic carbocycles. The Labute approximate surface area is 163 Å². The predicted molar refractivity (Wildman–Crippen MR) is 108 cm³/mol. The topological polar surface area (TPSA) is 69.7 Å². The van der Waals surface area contributed by atoms with E-state index in [-0.39, 0.29) is 20.6 Å². The zero-order chi connectivity index (χ0) is 19.7. The third kappa shape index (κ3) is 3.96. The van der Waals surface area contributed by atoms with Crippen LogP contribution < -0.4 is 10.2 Å². The van der Waals surface area contributed by atoms with Crippen LogP contribution in [-0.4, -0.2) is 51.8 Å². The van der Waals surface area contributed by atoms with E-state index in [0.717, 1.165) is 17.5 Å². The highest BCUT2D eigenvalue weighted by Crippen LogP contribution is 2.28. The van der Waals surface area contributed by atoms with Crippen LogP contribution in [0.2, 0.25) is 0 Å². The molecule has 0 unspecified atom stereocenters. The number of nitrogens with one attached hydrogen (secondary N) is 2. The van der Waals surface area contributed by atoms with Crippen LogP contribution in [0, 0.1) is 5.92 Å². The quantitative estimate of drug-likeness (QED) is 0.713. The molecular weight excluding hydrogens is 362 g/mol. The van der Waals surface area contributed by atoms with Gasteiger partial charge >= 0.3 is 0 Å². The second kappa shape index (κ2) is 7.43. The van der Waals surface area contributed by atoms with Gasteiger partial charge in [-0.25, -0.2) is 18.7 Å². The molecule has 1 atom stereocenters. The molecule has 28 heavy (non-hydrogen) atoms. The molecule has 1 fully saturated rings. The van der Waals surface area contributed by atoms with Crippen molar-refractivity contribution in [3.63, 3.8) is 0 Å². The lowest BCUT2D eigenvalue weighted by atomic mass is 10.0. The summed E-state index contributed by atoms with van der Waals surface area (Å²) in [6.45, 7) is 4.04. The highest BCUT2D eigenvalue weighted by molar-refractivity contribution is 5.89. The van der Waals surface area contributed by atoms with Gasteiger partial charge in [0.15, 0.2) is 5.65 Å². The lowest BCUT2D eigenvalue weighted by molar-refractivity contribution is 0.0141. The summed E-state index contributed by atoms with van der Waals surface area (Å²) in [4.78, 5) is 10.6. The van der Waals surface area contributed by atoms with E-state index in [1.807, 2.05) is 24.3 Å². The number of halogens is 2. The second-order valence-corrected chi connectivity index (χ2v) is 7.80. The summed E-state index contributed by atoms with van der Waals surface area (Å²) in [5.74, 6) is -1.84. The second-order valence-electron chi connectivity index (χ2n) is 7.80. The highest BCUT2D eigenvalue weighted by atomic mass is 19.3. The number of pyridine rings is 2. The van der Waals surface area contributed by atoms with Crippen molar-refractivity contribution < 1.29 is 10.2 Å². The number of H-pyrrole nitrogens is 1. The number of aromatic nitrogens is 4. The Hall–Kier alpha value is -2.61. The summed E-state index contributed by atoms with van der Waals surface area (Å²) in [5, 5.41) is 11.0. The predicted octanol–water partition coefficient (Wildman–Crippen LogP) is 3.73. The van der Waals surface area contributed by atoms with Crippen LogP contribution in [0.4, 0.5) is 14.6 Å². The minimum atomic E-state index is -2.81. The molecule has 0 aromatic carbocycles. The fraction of sp³-hybridized carbons (Fsp3) is 0.450. The molecule has 1 aliphatic rings. The summed E-state index contributed by atoms with van der Waals surface area (Å²) in [6.07, 6.45) is 2.51. The van der Waals surface area contributed by atoms with Crippen LogP contribution in [0.3, 0.4) is 0 Å². The van der Waals surface area contributed by atoms with E-state index < -0.39 is 5.92 Å². The zero-order valence-electron chi connectivity index (χ0n) is 16.0. The molecule has 3 aromatic heterocycles. The van der Waals surface area contributed by atoms with Gasteiger partial charge in [-0.1, -0.05) is 19.9 Å². The SMILES string of the molecule is CC(C)C[C@H]1CN(c2cccc(-c3[nH]nc4ncccc34)n2)CC(F)(F)CN1.[HH]. The van der Waals surface area contributed by atoms with Crippen LogP contribution in [-0.2, 0) is 0 Å². The lowest BCUT2D eigenvalue weighted by Crippen LogP contribution is -2.38. The third-order valence-corrected chi connectivity index (χ3v) is 4.91. The molecule has 6 nitrogen and oxygen atoms in total. The van der Waals surface area contributed by atoms with Crippen molar-refractivity contribution in [2.45, 2.75) is 32.2 Å². The van der Waals surface area contributed by atoms with Gasteiger partial charge in [-0.2, -0.15) is 5.10 Å². The highest BCUT2D eigenvalue weighted by Gasteiger charge is 2.37. The van der Waals surface area contributed by atoms with Gasteiger partial charge in [-0.05, 0) is 36.6 Å². The van der Waals surface area contributed by atoms with Gasteiger partial charge in [-0.3, -0.25) is 5.10 Å². The Morgan fingerprint density at radius 1 is 1.29 bits per heavy atom. The smallest absolute Gasteiger partial charge is 0.277 e. The molecule has 1 saturated heterocycles. The molecule has 8 heteroatoms. The zero-order valence-corrected chi connectivity index (χ0v) is 16.0. The van der Waals surface area contributed by atoms with Crippen LogP contribution in [0.25, 0.3) is 22.4 Å². The van der Waals surface area contributed by atoms with Crippen molar-refractivity contribution in [1.82, 2.24) is 25.5 Å². The summed E-state index contributed by atoms with van der Waals surface area (Å²) < 4.78 is 28.7. The van der Waals surface area contributed by atoms with E-state index in [9.17, 15) is 8.78 Å². The third-order valence-electron chi connectivity index (χ3n) is 4.91. The van der Waals surface area contributed by atoms with Gasteiger partial charge in [0.1, 0.15) is 5.82 Å². The summed E-state index contributed by atoms with van der Waals surface area (Å²) in [5.41, 5.74) is 2.00. The first kappa shape index (κ1) is 18.7. The van der Waals surface area contributed by atoms with E-state index in [0.29, 0.717) is 29.6 Å². The molecule has 4 rings (SSSR count). The maximum absolute atomic E-state index is 14.3. The minimum absolute atomic E-state index is 0. The van der Waals surface area contributed by atoms with Gasteiger partial charge in [0.2, 0.25) is 0 Å². The lowest BCUT2D eigenvalue weighted by Gasteiger charge is -2.27. The molecule has 3 aromatic rings. The maximum atomic E-state index is 14.3. The van der Waals surface area contributed by atoms with E-state index in [1.165, 1.54) is 0 Å². The number of rotatable bonds is 4. The molecule has 0 saturated carbocycles. The Balaban J connectivity index is 0.00000240. The largest absolute Gasteiger partial charge is 0.349 e. The standard InChI is InChI=1S/C20H24F2N6.H2/c1-13(2)9-14-10-28(12-20(21,22)11-24-14)17-7-3-6-16(25-17)18-15-5-4-8-23-19(15)27-26-18;/h3-8,13-14,24H,9-12H2,1-2H3,(H,23,26,27);1H/t14-;/m0./s1. The number of nitrogens with zero attached hydrogens (tertiary/aromatic N) is 4. The maximum Gasteiger partial charge on any atom is 0.277 e. The van der Waals surface area contributed by atoms with Crippen molar-refractivity contribution in [3.05, 3.63) is 36.5 Å². The number of alkyl halides is 2. The monoisotopic (exact) mass is 388 g/mol. The van der Waals surface area contributed by atoms with E-state index in [4.69, 9.17) is 0 Å². The van der Waals surface area contributed by atoms with Gasteiger partial charge in [0.25, 0.3) is 5.92 Å². The molecule has 0 bridgehead atoms. The first-order valence-electron chi connectivity index (χ1n) is 9.54. The van der Waals surface area contributed by atoms with Crippen molar-refractivity contribution in [2.24, 2.45) is 5.92 Å². The van der Waals surface area contributed by atoms with Crippen molar-refractivity contribution in [1.29, 1.82) is 0 Å². The number of hydrogen-bond donors (Lipinski definition) is 2. The number of hydrogen-bond acceptors (Lipinski definition) is 5. The van der Waals surface area contributed by atoms with Crippen molar-refractivity contribution >= 4 is 16.9 Å². The van der Waals surface area contributed by atoms with Gasteiger partial charge in [0, 0.05) is 25.6 Å². The van der Waals surface area contributed by atoms with Crippen LogP contribution in [0.15, 0.2) is 36.5 Å². The molecule has 150 valence electrons. The van der Waals surface area contributed by atoms with Gasteiger partial charge in [0.05, 0.1) is 24.5 Å². The average molecular weight is 388 g/mol. The van der Waals surface area contributed by atoms with Gasteiger partial charge < -0.3 is 10.2 Å². The van der Waals surface area contributed by atoms with E-state index in [1.54, 1.807) is 17.2 Å². The first-order chi connectivity index (χ1) is 13.4. The van der Waals surface area contributed by atoms with Crippen LogP contribution in [0.1, 0.15) is 21.7 Å². The van der Waals surface area contributed by atoms with Crippen LogP contribution >= 0.6 is 0 Å². The summed E-state index contributed by atoms with van der Waals surface area (Å²) in [6, 6.07) is 9.23. The van der Waals surface area contributed by atoms with Gasteiger partial charge in [-0.15, -0.1) is 0 Å². The molecular formula is C20H26F2N6. The molecule has 0 radical (unpaired) electrons. The minimum Gasteiger partial charge on any atom is -0.349 e. The van der Waals surface area contributed by atoms with E-state index in [2.05, 4.69) is 39.3 Å². The summed E-state index contributed by atoms with van der Waals surface area (Å²) in [7, 11) is 0. The molecule has 0 amide bonds.